The van der Waals surface area contributed by atoms with E-state index in [1.54, 1.807) is 51.5 Å². The van der Waals surface area contributed by atoms with E-state index in [1.807, 2.05) is 4.90 Å². The monoisotopic (exact) mass is 537 g/mol. The number of benzene rings is 2. The van der Waals surface area contributed by atoms with Crippen LogP contribution < -0.4 is 25.4 Å². The molecule has 2 aromatic carbocycles. The number of esters is 1. The predicted octanol–water partition coefficient (Wildman–Crippen LogP) is 3.83. The largest absolute Gasteiger partial charge is 0.497 e. The third kappa shape index (κ3) is 5.97. The van der Waals surface area contributed by atoms with E-state index in [-0.39, 0.29) is 23.2 Å². The molecule has 0 unspecified atom stereocenters. The first kappa shape index (κ1) is 27.9. The Hall–Kier alpha value is -4.15. The molecule has 0 fully saturated rings. The van der Waals surface area contributed by atoms with Gasteiger partial charge in [0.15, 0.2) is 5.43 Å². The van der Waals surface area contributed by atoms with Gasteiger partial charge in [-0.05, 0) is 36.8 Å². The number of hydrogen-bond donors (Lipinski definition) is 0. The summed E-state index contributed by atoms with van der Waals surface area (Å²) in [6.45, 7) is 4.61. The summed E-state index contributed by atoms with van der Waals surface area (Å²) in [4.78, 5) is 40.2. The van der Waals surface area contributed by atoms with Crippen molar-refractivity contribution in [3.8, 4) is 11.5 Å². The molecule has 10 nitrogen and oxygen atoms in total. The number of carbonyl (C=O) groups is 1. The van der Waals surface area contributed by atoms with Crippen molar-refractivity contribution < 1.29 is 32.6 Å². The first-order valence-corrected chi connectivity index (χ1v) is 12.4. The van der Waals surface area contributed by atoms with Crippen molar-refractivity contribution in [2.45, 2.75) is 20.3 Å². The van der Waals surface area contributed by atoms with Crippen molar-refractivity contribution >= 4 is 33.8 Å². The maximum atomic E-state index is 14.0. The zero-order chi connectivity index (χ0) is 28.1. The molecule has 39 heavy (non-hydrogen) atoms. The normalized spacial score (nSPS) is 11.2. The maximum Gasteiger partial charge on any atom is 0.336 e. The van der Waals surface area contributed by atoms with Crippen LogP contribution >= 0.6 is 0 Å². The summed E-state index contributed by atoms with van der Waals surface area (Å²) < 4.78 is 33.4. The Labute approximate surface area is 224 Å². The number of anilines is 1. The smallest absolute Gasteiger partial charge is 0.336 e. The average molecular weight is 538 g/mol. The number of ether oxygens (including phenoxy) is 4. The fourth-order valence-corrected chi connectivity index (χ4v) is 4.47. The first-order chi connectivity index (χ1) is 18.8. The fraction of sp³-hybridized carbons (Fsp3) is 0.345. The molecule has 0 aliphatic carbocycles. The molecular formula is C29H31NO9. The van der Waals surface area contributed by atoms with E-state index in [2.05, 4.69) is 0 Å². The standard InChI is InChI=1S/C29H31NO9/c1-17-14-26(32)39-28-20(17)8-9-24(37-18(2)31)22(28)16-23-27(33)21-7-6-19(36-5)15-25(21)38-29(23)30(10-12-34-3)11-13-35-4/h6-9,14-15H,10-13,16H2,1-5H3. The molecule has 0 spiro atoms. The molecule has 0 radical (unpaired) electrons. The second kappa shape index (κ2) is 12.1. The molecule has 0 amide bonds. The number of rotatable bonds is 11. The zero-order valence-corrected chi connectivity index (χ0v) is 22.6. The fourth-order valence-electron chi connectivity index (χ4n) is 4.47. The van der Waals surface area contributed by atoms with Crippen LogP contribution in [0, 0.1) is 6.92 Å². The summed E-state index contributed by atoms with van der Waals surface area (Å²) in [5, 5.41) is 1.01. The van der Waals surface area contributed by atoms with Gasteiger partial charge in [-0.25, -0.2) is 4.79 Å². The summed E-state index contributed by atoms with van der Waals surface area (Å²) in [5.74, 6) is 0.471. The molecule has 4 rings (SSSR count). The summed E-state index contributed by atoms with van der Waals surface area (Å²) in [6.07, 6.45) is -0.0392. The lowest BCUT2D eigenvalue weighted by Gasteiger charge is -2.25. The minimum atomic E-state index is -0.555. The Balaban J connectivity index is 2.02. The maximum absolute atomic E-state index is 14.0. The lowest BCUT2D eigenvalue weighted by atomic mass is 9.98. The quantitative estimate of drug-likeness (QED) is 0.159. The van der Waals surface area contributed by atoms with Crippen LogP contribution in [-0.4, -0.2) is 53.6 Å². The second-order valence-electron chi connectivity index (χ2n) is 8.99. The van der Waals surface area contributed by atoms with Gasteiger partial charge < -0.3 is 32.7 Å². The number of methoxy groups -OCH3 is 3. The van der Waals surface area contributed by atoms with Crippen LogP contribution in [0.25, 0.3) is 21.9 Å². The molecule has 0 saturated carbocycles. The molecule has 0 aliphatic heterocycles. The number of hydrogen-bond acceptors (Lipinski definition) is 10. The van der Waals surface area contributed by atoms with Crippen molar-refractivity contribution in [3.05, 3.63) is 73.7 Å². The summed E-state index contributed by atoms with van der Waals surface area (Å²) >= 11 is 0. The van der Waals surface area contributed by atoms with Gasteiger partial charge in [0.05, 0.1) is 31.3 Å². The Kier molecular flexibility index (Phi) is 8.68. The Morgan fingerprint density at radius 3 is 2.23 bits per heavy atom. The lowest BCUT2D eigenvalue weighted by molar-refractivity contribution is -0.131. The Bertz CT molecular complexity index is 1610. The highest BCUT2D eigenvalue weighted by Crippen LogP contribution is 2.34. The van der Waals surface area contributed by atoms with Gasteiger partial charge in [0.2, 0.25) is 5.88 Å². The third-order valence-electron chi connectivity index (χ3n) is 6.38. The molecule has 0 atom stereocenters. The van der Waals surface area contributed by atoms with Gasteiger partial charge in [0.1, 0.15) is 22.7 Å². The van der Waals surface area contributed by atoms with Crippen LogP contribution in [0.2, 0.25) is 0 Å². The number of nitrogens with zero attached hydrogens (tertiary/aromatic N) is 1. The number of carbonyl (C=O) groups excluding carboxylic acids is 1. The van der Waals surface area contributed by atoms with Gasteiger partial charge in [0.25, 0.3) is 0 Å². The van der Waals surface area contributed by atoms with Gasteiger partial charge in [-0.15, -0.1) is 0 Å². The van der Waals surface area contributed by atoms with Crippen LogP contribution in [0.5, 0.6) is 11.5 Å². The summed E-state index contributed by atoms with van der Waals surface area (Å²) in [7, 11) is 4.70. The highest BCUT2D eigenvalue weighted by molar-refractivity contribution is 5.87. The van der Waals surface area contributed by atoms with Gasteiger partial charge in [-0.2, -0.15) is 0 Å². The molecule has 0 saturated heterocycles. The van der Waals surface area contributed by atoms with Gasteiger partial charge >= 0.3 is 11.6 Å². The van der Waals surface area contributed by atoms with Crippen molar-refractivity contribution in [3.63, 3.8) is 0 Å². The van der Waals surface area contributed by atoms with Crippen LogP contribution in [0.3, 0.4) is 0 Å². The van der Waals surface area contributed by atoms with Crippen molar-refractivity contribution in [1.29, 1.82) is 0 Å². The first-order valence-electron chi connectivity index (χ1n) is 12.4. The van der Waals surface area contributed by atoms with Crippen LogP contribution in [-0.2, 0) is 20.7 Å². The van der Waals surface area contributed by atoms with Crippen molar-refractivity contribution in [2.24, 2.45) is 0 Å². The predicted molar refractivity (Wildman–Crippen MR) is 146 cm³/mol. The zero-order valence-electron chi connectivity index (χ0n) is 22.6. The van der Waals surface area contributed by atoms with E-state index in [9.17, 15) is 14.4 Å². The van der Waals surface area contributed by atoms with E-state index in [0.29, 0.717) is 71.0 Å². The van der Waals surface area contributed by atoms with Gasteiger partial charge in [0, 0.05) is 63.7 Å². The van der Waals surface area contributed by atoms with E-state index in [1.165, 1.54) is 20.1 Å². The minimum absolute atomic E-state index is 0.0392. The number of fused-ring (bicyclic) bond motifs is 2. The Morgan fingerprint density at radius 1 is 0.897 bits per heavy atom. The van der Waals surface area contributed by atoms with Crippen molar-refractivity contribution in [1.82, 2.24) is 0 Å². The van der Waals surface area contributed by atoms with Crippen molar-refractivity contribution in [2.75, 3.05) is 52.5 Å². The summed E-state index contributed by atoms with van der Waals surface area (Å²) in [6, 6.07) is 9.71. The SMILES string of the molecule is COCCN(CCOC)c1oc2cc(OC)ccc2c(=O)c1Cc1c(OC(C)=O)ccc2c(C)cc(=O)oc12. The molecule has 2 aromatic heterocycles. The van der Waals surface area contributed by atoms with Crippen LogP contribution in [0.15, 0.2) is 54.8 Å². The average Bonchev–Trinajstić information content (AvgIpc) is 2.90. The van der Waals surface area contributed by atoms with Crippen LogP contribution in [0.1, 0.15) is 23.6 Å². The highest BCUT2D eigenvalue weighted by Gasteiger charge is 2.24. The topological polar surface area (TPSA) is 118 Å². The van der Waals surface area contributed by atoms with Crippen LogP contribution in [0.4, 0.5) is 5.88 Å². The molecule has 0 aliphatic rings. The van der Waals surface area contributed by atoms with Gasteiger partial charge in [-0.1, -0.05) is 0 Å². The summed E-state index contributed by atoms with van der Waals surface area (Å²) in [5.41, 5.74) is 1.11. The second-order valence-corrected chi connectivity index (χ2v) is 8.99. The van der Waals surface area contributed by atoms with Gasteiger partial charge in [-0.3, -0.25) is 9.59 Å². The van der Waals surface area contributed by atoms with E-state index < -0.39 is 11.6 Å². The minimum Gasteiger partial charge on any atom is -0.497 e. The van der Waals surface area contributed by atoms with E-state index in [0.717, 1.165) is 0 Å². The molecule has 206 valence electrons. The molecule has 0 N–H and O–H groups in total. The highest BCUT2D eigenvalue weighted by atomic mass is 16.5. The Morgan fingerprint density at radius 2 is 1.59 bits per heavy atom. The van der Waals surface area contributed by atoms with E-state index in [4.69, 9.17) is 27.8 Å². The number of aryl methyl sites for hydroxylation is 1. The van der Waals surface area contributed by atoms with E-state index >= 15 is 0 Å². The lowest BCUT2D eigenvalue weighted by Crippen LogP contribution is -2.33. The molecule has 4 aromatic rings. The third-order valence-corrected chi connectivity index (χ3v) is 6.38. The molecule has 0 bridgehead atoms. The molecule has 10 heteroatoms. The molecular weight excluding hydrogens is 506 g/mol. The molecule has 2 heterocycles.